The van der Waals surface area contributed by atoms with Crippen LogP contribution in [-0.2, 0) is 14.4 Å². The topological polar surface area (TPSA) is 90.8 Å². The van der Waals surface area contributed by atoms with Gasteiger partial charge in [0.05, 0.1) is 0 Å². The zero-order valence-electron chi connectivity index (χ0n) is 10.3. The van der Waals surface area contributed by atoms with E-state index >= 15 is 0 Å². The molecule has 1 rings (SSSR count). The predicted molar refractivity (Wildman–Crippen MR) is 63.6 cm³/mol. The highest BCUT2D eigenvalue weighted by Crippen LogP contribution is 2.23. The molecule has 6 nitrogen and oxygen atoms in total. The van der Waals surface area contributed by atoms with Gasteiger partial charge in [0.1, 0.15) is 0 Å². The maximum absolute atomic E-state index is 11.9. The molecule has 1 unspecified atom stereocenters. The minimum atomic E-state index is -0.823. The van der Waals surface area contributed by atoms with Crippen molar-refractivity contribution in [2.45, 2.75) is 26.2 Å². The Balaban J connectivity index is 2.78. The summed E-state index contributed by atoms with van der Waals surface area (Å²) >= 11 is 0. The molecular formula is C12H15N3O3. The van der Waals surface area contributed by atoms with Crippen LogP contribution in [0.1, 0.15) is 26.2 Å². The number of carbonyl (C=O) groups is 3. The Labute approximate surface area is 105 Å². The van der Waals surface area contributed by atoms with E-state index in [2.05, 4.69) is 11.4 Å². The molecule has 0 N–H and O–H groups in total. The molecule has 1 atom stereocenters. The standard InChI is InChI=1S/C12H15N3O3/c1-3-4-5-9-6-7-15(11(9)17)12(18)10(14-13)8(2)16/h3,9H,1,4-7H2,2H3. The minimum Gasteiger partial charge on any atom is -0.360 e. The number of allylic oxidation sites excluding steroid dienone is 1. The maximum atomic E-state index is 11.9. The fraction of sp³-hybridized carbons (Fsp3) is 0.500. The lowest BCUT2D eigenvalue weighted by Gasteiger charge is -2.11. The van der Waals surface area contributed by atoms with Crippen LogP contribution >= 0.6 is 0 Å². The summed E-state index contributed by atoms with van der Waals surface area (Å²) in [7, 11) is 0. The Morgan fingerprint density at radius 1 is 1.61 bits per heavy atom. The largest absolute Gasteiger partial charge is 0.421 e. The van der Waals surface area contributed by atoms with Crippen molar-refractivity contribution in [2.75, 3.05) is 6.54 Å². The second-order valence-corrected chi connectivity index (χ2v) is 4.15. The Bertz CT molecular complexity index is 449. The molecule has 0 aliphatic carbocycles. The number of Topliss-reactive ketones (excluding diaryl/α,β-unsaturated/α-hetero) is 1. The molecule has 0 saturated carbocycles. The minimum absolute atomic E-state index is 0.223. The number of rotatable bonds is 5. The summed E-state index contributed by atoms with van der Waals surface area (Å²) in [5.41, 5.74) is 8.01. The molecule has 96 valence electrons. The van der Waals surface area contributed by atoms with Crippen LogP contribution in [-0.4, -0.2) is 39.5 Å². The van der Waals surface area contributed by atoms with Crippen LogP contribution in [0.4, 0.5) is 0 Å². The number of imide groups is 1. The van der Waals surface area contributed by atoms with Crippen LogP contribution in [0, 0.1) is 5.92 Å². The van der Waals surface area contributed by atoms with Crippen molar-refractivity contribution in [3.63, 3.8) is 0 Å². The van der Waals surface area contributed by atoms with Gasteiger partial charge in [-0.2, -0.15) is 4.79 Å². The summed E-state index contributed by atoms with van der Waals surface area (Å²) in [6.07, 6.45) is 3.62. The molecule has 1 aliphatic heterocycles. The van der Waals surface area contributed by atoms with Gasteiger partial charge in [0.15, 0.2) is 0 Å². The number of nitrogens with zero attached hydrogens (tertiary/aromatic N) is 3. The summed E-state index contributed by atoms with van der Waals surface area (Å²) in [5.74, 6) is -2.02. The van der Waals surface area contributed by atoms with E-state index < -0.39 is 17.4 Å². The number of carbonyl (C=O) groups excluding carboxylic acids is 3. The van der Waals surface area contributed by atoms with Gasteiger partial charge in [-0.15, -0.1) is 6.58 Å². The molecule has 0 aromatic heterocycles. The van der Waals surface area contributed by atoms with Crippen molar-refractivity contribution in [1.82, 2.24) is 4.90 Å². The van der Waals surface area contributed by atoms with Gasteiger partial charge in [0.2, 0.25) is 11.7 Å². The van der Waals surface area contributed by atoms with Crippen LogP contribution in [0.3, 0.4) is 0 Å². The third-order valence-electron chi connectivity index (χ3n) is 2.92. The van der Waals surface area contributed by atoms with E-state index in [-0.39, 0.29) is 18.4 Å². The van der Waals surface area contributed by atoms with Crippen molar-refractivity contribution in [3.05, 3.63) is 18.2 Å². The number of likely N-dealkylation sites (tertiary alicyclic amines) is 1. The molecule has 2 amide bonds. The van der Waals surface area contributed by atoms with E-state index in [0.717, 1.165) is 11.8 Å². The third kappa shape index (κ3) is 2.78. The van der Waals surface area contributed by atoms with E-state index in [4.69, 9.17) is 5.53 Å². The first kappa shape index (κ1) is 14.0. The summed E-state index contributed by atoms with van der Waals surface area (Å²) in [4.78, 5) is 38.4. The second kappa shape index (κ2) is 6.02. The molecule has 0 spiro atoms. The zero-order valence-corrected chi connectivity index (χ0v) is 10.3. The first-order valence-electron chi connectivity index (χ1n) is 5.72. The summed E-state index contributed by atoms with van der Waals surface area (Å²) in [5, 5.41) is 0. The Morgan fingerprint density at radius 2 is 2.28 bits per heavy atom. The Hall–Kier alpha value is -2.07. The van der Waals surface area contributed by atoms with Crippen molar-refractivity contribution >= 4 is 23.3 Å². The lowest BCUT2D eigenvalue weighted by molar-refractivity contribution is -0.142. The van der Waals surface area contributed by atoms with Gasteiger partial charge in [-0.25, -0.2) is 0 Å². The van der Waals surface area contributed by atoms with E-state index in [1.165, 1.54) is 0 Å². The van der Waals surface area contributed by atoms with Crippen LogP contribution in [0.15, 0.2) is 12.7 Å². The molecule has 0 bridgehead atoms. The van der Waals surface area contributed by atoms with Crippen LogP contribution in [0.5, 0.6) is 0 Å². The summed E-state index contributed by atoms with van der Waals surface area (Å²) in [6.45, 7) is 4.95. The van der Waals surface area contributed by atoms with Crippen LogP contribution in [0.25, 0.3) is 5.53 Å². The van der Waals surface area contributed by atoms with Crippen LogP contribution < -0.4 is 0 Å². The molecule has 1 heterocycles. The molecule has 0 aromatic rings. The monoisotopic (exact) mass is 249 g/mol. The molecule has 1 fully saturated rings. The van der Waals surface area contributed by atoms with Gasteiger partial charge in [-0.05, 0) is 19.3 Å². The van der Waals surface area contributed by atoms with E-state index in [0.29, 0.717) is 19.3 Å². The van der Waals surface area contributed by atoms with Gasteiger partial charge in [-0.1, -0.05) is 6.08 Å². The van der Waals surface area contributed by atoms with Gasteiger partial charge in [0, 0.05) is 19.4 Å². The van der Waals surface area contributed by atoms with Crippen molar-refractivity contribution in [1.29, 1.82) is 0 Å². The van der Waals surface area contributed by atoms with Crippen molar-refractivity contribution in [2.24, 2.45) is 5.92 Å². The first-order valence-corrected chi connectivity index (χ1v) is 5.72. The number of amides is 2. The predicted octanol–water partition coefficient (Wildman–Crippen LogP) is 0.587. The SMILES string of the molecule is C=CCCC1CCN(C(=O)C(=[N+]=[N-])C(C)=O)C1=O. The molecule has 0 radical (unpaired) electrons. The third-order valence-corrected chi connectivity index (χ3v) is 2.92. The summed E-state index contributed by atoms with van der Waals surface area (Å²) in [6, 6.07) is 0. The quantitative estimate of drug-likeness (QED) is 0.235. The smallest absolute Gasteiger partial charge is 0.360 e. The Kier molecular flexibility index (Phi) is 4.68. The maximum Gasteiger partial charge on any atom is 0.421 e. The molecule has 6 heteroatoms. The van der Waals surface area contributed by atoms with Crippen LogP contribution in [0.2, 0.25) is 0 Å². The van der Waals surface area contributed by atoms with Crippen molar-refractivity contribution < 1.29 is 19.2 Å². The zero-order chi connectivity index (χ0) is 13.7. The van der Waals surface area contributed by atoms with Gasteiger partial charge in [0.25, 0.3) is 0 Å². The summed E-state index contributed by atoms with van der Waals surface area (Å²) < 4.78 is 0. The Morgan fingerprint density at radius 3 is 2.78 bits per heavy atom. The highest BCUT2D eigenvalue weighted by Gasteiger charge is 2.41. The van der Waals surface area contributed by atoms with Gasteiger partial charge >= 0.3 is 11.6 Å². The molecule has 18 heavy (non-hydrogen) atoms. The highest BCUT2D eigenvalue weighted by atomic mass is 16.2. The highest BCUT2D eigenvalue weighted by molar-refractivity contribution is 6.64. The first-order chi connectivity index (χ1) is 8.52. The molecule has 1 saturated heterocycles. The fourth-order valence-corrected chi connectivity index (χ4v) is 1.92. The lowest BCUT2D eigenvalue weighted by Crippen LogP contribution is -2.41. The normalized spacial score (nSPS) is 18.4. The number of ketones is 1. The van der Waals surface area contributed by atoms with Gasteiger partial charge in [-0.3, -0.25) is 19.3 Å². The fourth-order valence-electron chi connectivity index (χ4n) is 1.92. The number of hydrogen-bond donors (Lipinski definition) is 0. The number of hydrogen-bond acceptors (Lipinski definition) is 3. The van der Waals surface area contributed by atoms with Crippen molar-refractivity contribution in [3.8, 4) is 0 Å². The van der Waals surface area contributed by atoms with E-state index in [1.807, 2.05) is 0 Å². The second-order valence-electron chi connectivity index (χ2n) is 4.15. The molecule has 0 aromatic carbocycles. The average Bonchev–Trinajstić information content (AvgIpc) is 2.68. The average molecular weight is 249 g/mol. The molecular weight excluding hydrogens is 234 g/mol. The van der Waals surface area contributed by atoms with E-state index in [1.54, 1.807) is 6.08 Å². The molecule has 1 aliphatic rings. The lowest BCUT2D eigenvalue weighted by atomic mass is 10.0. The van der Waals surface area contributed by atoms with E-state index in [9.17, 15) is 14.4 Å². The van der Waals surface area contributed by atoms with Gasteiger partial charge < -0.3 is 5.53 Å².